The molecule has 3 N–H and O–H groups in total. The van der Waals surface area contributed by atoms with Crippen LogP contribution < -0.4 is 14.2 Å². The van der Waals surface area contributed by atoms with Crippen molar-refractivity contribution < 1.29 is 39.1 Å². The van der Waals surface area contributed by atoms with Crippen molar-refractivity contribution in [2.24, 2.45) is 5.92 Å². The standard InChI is InChI=1S/C27H26O8/c1-32-18-11-9-16(10-12-18)27-22(15-7-5-4-6-8-15)21(25(30)34-3)24(29)26(27,31)23-19(33-2)13-17(28)14-20(23)35-27/h4-14,21-22,24,28-29,31H,1-3H3/t21-,22+,24-,26-,27+/m0/s1. The van der Waals surface area contributed by atoms with Crippen molar-refractivity contribution in [1.29, 1.82) is 0 Å². The third-order valence-corrected chi connectivity index (χ3v) is 7.21. The molecule has 2 aliphatic rings. The Morgan fingerprint density at radius 2 is 1.66 bits per heavy atom. The monoisotopic (exact) mass is 478 g/mol. The number of phenolic OH excluding ortho intramolecular Hbond substituents is 1. The first-order valence-electron chi connectivity index (χ1n) is 11.1. The van der Waals surface area contributed by atoms with Crippen molar-refractivity contribution in [1.82, 2.24) is 0 Å². The third kappa shape index (κ3) is 2.96. The van der Waals surface area contributed by atoms with E-state index in [1.54, 1.807) is 31.4 Å². The van der Waals surface area contributed by atoms with Gasteiger partial charge in [0.05, 0.1) is 32.8 Å². The fourth-order valence-corrected chi connectivity index (χ4v) is 5.79. The minimum absolute atomic E-state index is 0.120. The Kier molecular flexibility index (Phi) is 5.38. The zero-order valence-electron chi connectivity index (χ0n) is 19.5. The first-order chi connectivity index (χ1) is 16.8. The zero-order chi connectivity index (χ0) is 25.0. The Hall–Kier alpha value is -3.75. The number of phenols is 1. The van der Waals surface area contributed by atoms with Gasteiger partial charge in [0.2, 0.25) is 0 Å². The van der Waals surface area contributed by atoms with Crippen LogP contribution in [0.3, 0.4) is 0 Å². The minimum Gasteiger partial charge on any atom is -0.508 e. The summed E-state index contributed by atoms with van der Waals surface area (Å²) >= 11 is 0. The number of aliphatic hydroxyl groups is 2. The first-order valence-corrected chi connectivity index (χ1v) is 11.1. The van der Waals surface area contributed by atoms with Gasteiger partial charge in [-0.2, -0.15) is 0 Å². The van der Waals surface area contributed by atoms with Crippen LogP contribution in [0.5, 0.6) is 23.0 Å². The molecule has 0 unspecified atom stereocenters. The molecule has 0 amide bonds. The lowest BCUT2D eigenvalue weighted by molar-refractivity contribution is -0.161. The molecule has 0 bridgehead atoms. The summed E-state index contributed by atoms with van der Waals surface area (Å²) in [6, 6.07) is 18.6. The van der Waals surface area contributed by atoms with E-state index in [0.717, 1.165) is 0 Å². The van der Waals surface area contributed by atoms with E-state index in [-0.39, 0.29) is 22.8 Å². The van der Waals surface area contributed by atoms with Crippen molar-refractivity contribution >= 4 is 5.97 Å². The molecule has 0 radical (unpaired) electrons. The number of esters is 1. The second kappa shape index (κ2) is 8.18. The van der Waals surface area contributed by atoms with Crippen molar-refractivity contribution in [2.75, 3.05) is 21.3 Å². The van der Waals surface area contributed by atoms with Crippen LogP contribution in [0, 0.1) is 5.92 Å². The SMILES string of the molecule is COC(=O)[C@H]1[C@@H](c2ccccc2)[C@@]2(c3ccc(OC)cc3)Oc3cc(O)cc(OC)c3[C@]2(O)[C@H]1O. The molecule has 182 valence electrons. The molecule has 1 aliphatic heterocycles. The second-order valence-corrected chi connectivity index (χ2v) is 8.74. The quantitative estimate of drug-likeness (QED) is 0.480. The lowest BCUT2D eigenvalue weighted by Gasteiger charge is -2.40. The Balaban J connectivity index is 1.88. The molecule has 1 aliphatic carbocycles. The van der Waals surface area contributed by atoms with E-state index in [9.17, 15) is 20.1 Å². The molecule has 1 heterocycles. The molecular formula is C27H26O8. The van der Waals surface area contributed by atoms with Gasteiger partial charge in [-0.3, -0.25) is 4.79 Å². The van der Waals surface area contributed by atoms with Gasteiger partial charge in [0, 0.05) is 18.1 Å². The van der Waals surface area contributed by atoms with Gasteiger partial charge in [0.1, 0.15) is 29.1 Å². The van der Waals surface area contributed by atoms with Gasteiger partial charge in [-0.15, -0.1) is 0 Å². The predicted molar refractivity (Wildman–Crippen MR) is 125 cm³/mol. The number of rotatable bonds is 5. The third-order valence-electron chi connectivity index (χ3n) is 7.21. The normalized spacial score (nSPS) is 28.5. The number of carbonyl (C=O) groups is 1. The van der Waals surface area contributed by atoms with E-state index in [0.29, 0.717) is 16.9 Å². The van der Waals surface area contributed by atoms with Crippen molar-refractivity contribution in [2.45, 2.75) is 23.2 Å². The Morgan fingerprint density at radius 3 is 2.26 bits per heavy atom. The summed E-state index contributed by atoms with van der Waals surface area (Å²) in [4.78, 5) is 13.1. The number of ether oxygens (including phenoxy) is 4. The summed E-state index contributed by atoms with van der Waals surface area (Å²) in [6.07, 6.45) is -1.64. The maximum Gasteiger partial charge on any atom is 0.312 e. The number of fused-ring (bicyclic) bond motifs is 3. The van der Waals surface area contributed by atoms with Gasteiger partial charge >= 0.3 is 5.97 Å². The average Bonchev–Trinajstić information content (AvgIpc) is 3.26. The van der Waals surface area contributed by atoms with Gasteiger partial charge in [-0.05, 0) is 23.3 Å². The molecule has 5 rings (SSSR count). The molecule has 3 aromatic rings. The molecule has 1 saturated carbocycles. The number of benzene rings is 3. The second-order valence-electron chi connectivity index (χ2n) is 8.74. The minimum atomic E-state index is -2.14. The molecule has 35 heavy (non-hydrogen) atoms. The maximum atomic E-state index is 13.1. The molecule has 1 fully saturated rings. The van der Waals surface area contributed by atoms with Crippen LogP contribution in [0.2, 0.25) is 0 Å². The Morgan fingerprint density at radius 1 is 0.971 bits per heavy atom. The largest absolute Gasteiger partial charge is 0.508 e. The summed E-state index contributed by atoms with van der Waals surface area (Å²) in [5.74, 6) is -2.03. The van der Waals surface area contributed by atoms with Gasteiger partial charge in [0.25, 0.3) is 0 Å². The van der Waals surface area contributed by atoms with Crippen molar-refractivity contribution in [3.05, 3.63) is 83.4 Å². The van der Waals surface area contributed by atoms with Crippen LogP contribution in [-0.4, -0.2) is 48.7 Å². The van der Waals surface area contributed by atoms with Crippen LogP contribution >= 0.6 is 0 Å². The van der Waals surface area contributed by atoms with E-state index >= 15 is 0 Å². The van der Waals surface area contributed by atoms with Crippen molar-refractivity contribution in [3.8, 4) is 23.0 Å². The molecule has 8 nitrogen and oxygen atoms in total. The Labute approximate surface area is 202 Å². The summed E-state index contributed by atoms with van der Waals surface area (Å²) < 4.78 is 22.5. The zero-order valence-corrected chi connectivity index (χ0v) is 19.5. The van der Waals surface area contributed by atoms with Crippen LogP contribution in [0.1, 0.15) is 22.6 Å². The van der Waals surface area contributed by atoms with Gasteiger partial charge in [-0.25, -0.2) is 0 Å². The lowest BCUT2D eigenvalue weighted by Crippen LogP contribution is -2.52. The summed E-state index contributed by atoms with van der Waals surface area (Å²) in [5, 5.41) is 34.6. The highest BCUT2D eigenvalue weighted by molar-refractivity contribution is 5.78. The van der Waals surface area contributed by atoms with Crippen LogP contribution in [0.25, 0.3) is 0 Å². The lowest BCUT2D eigenvalue weighted by atomic mass is 9.70. The molecule has 0 saturated heterocycles. The fourth-order valence-electron chi connectivity index (χ4n) is 5.79. The number of aromatic hydroxyl groups is 1. The first kappa shape index (κ1) is 23.0. The number of hydrogen-bond donors (Lipinski definition) is 3. The van der Waals surface area contributed by atoms with Crippen molar-refractivity contribution in [3.63, 3.8) is 0 Å². The van der Waals surface area contributed by atoms with E-state index in [1.807, 2.05) is 30.3 Å². The number of hydrogen-bond acceptors (Lipinski definition) is 8. The Bertz CT molecular complexity index is 1260. The molecule has 3 aromatic carbocycles. The van der Waals surface area contributed by atoms with Gasteiger partial charge in [-0.1, -0.05) is 42.5 Å². The summed E-state index contributed by atoms with van der Waals surface area (Å²) in [6.45, 7) is 0. The fraction of sp³-hybridized carbons (Fsp3) is 0.296. The van der Waals surface area contributed by atoms with E-state index in [2.05, 4.69) is 0 Å². The van der Waals surface area contributed by atoms with E-state index < -0.39 is 35.1 Å². The van der Waals surface area contributed by atoms with Gasteiger partial charge in [0.15, 0.2) is 11.2 Å². The predicted octanol–water partition coefficient (Wildman–Crippen LogP) is 2.83. The van der Waals surface area contributed by atoms with Gasteiger partial charge < -0.3 is 34.3 Å². The summed E-state index contributed by atoms with van der Waals surface area (Å²) in [7, 11) is 4.17. The highest BCUT2D eigenvalue weighted by Gasteiger charge is 2.78. The summed E-state index contributed by atoms with van der Waals surface area (Å²) in [5.41, 5.74) is -2.52. The maximum absolute atomic E-state index is 13.1. The number of aliphatic hydroxyl groups excluding tert-OH is 1. The molecule has 8 heteroatoms. The van der Waals surface area contributed by atoms with Crippen LogP contribution in [0.4, 0.5) is 0 Å². The van der Waals surface area contributed by atoms with E-state index in [4.69, 9.17) is 18.9 Å². The van der Waals surface area contributed by atoms with Crippen LogP contribution in [-0.2, 0) is 20.7 Å². The molecule has 0 spiro atoms. The van der Waals surface area contributed by atoms with Crippen LogP contribution in [0.15, 0.2) is 66.7 Å². The average molecular weight is 478 g/mol. The molecule has 5 atom stereocenters. The molecule has 0 aromatic heterocycles. The number of methoxy groups -OCH3 is 3. The highest BCUT2D eigenvalue weighted by atomic mass is 16.5. The topological polar surface area (TPSA) is 115 Å². The highest BCUT2D eigenvalue weighted by Crippen LogP contribution is 2.70. The smallest absolute Gasteiger partial charge is 0.312 e. The number of carbonyl (C=O) groups excluding carboxylic acids is 1. The molecular weight excluding hydrogens is 452 g/mol. The van der Waals surface area contributed by atoms with E-state index in [1.165, 1.54) is 26.4 Å².